The smallest absolute Gasteiger partial charge is 0.224 e. The van der Waals surface area contributed by atoms with Gasteiger partial charge in [0, 0.05) is 24.2 Å². The van der Waals surface area contributed by atoms with Crippen molar-refractivity contribution in [2.24, 2.45) is 5.92 Å². The molecule has 1 aliphatic heterocycles. The summed E-state index contributed by atoms with van der Waals surface area (Å²) in [5, 5.41) is 5.99. The molecule has 0 aliphatic carbocycles. The van der Waals surface area contributed by atoms with Gasteiger partial charge in [-0.2, -0.15) is 0 Å². The Bertz CT molecular complexity index is 451. The first-order chi connectivity index (χ1) is 9.17. The van der Waals surface area contributed by atoms with Gasteiger partial charge in [-0.25, -0.2) is 4.39 Å². The summed E-state index contributed by atoms with van der Waals surface area (Å²) < 4.78 is 18.3. The van der Waals surface area contributed by atoms with Crippen LogP contribution in [-0.2, 0) is 4.79 Å². The molecule has 1 aromatic rings. The molecule has 1 aliphatic rings. The maximum atomic E-state index is 13.3. The summed E-state index contributed by atoms with van der Waals surface area (Å²) in [6, 6.07) is 4.19. The molecule has 1 amide bonds. The van der Waals surface area contributed by atoms with Crippen LogP contribution in [0.25, 0.3) is 0 Å². The number of carbonyl (C=O) groups is 1. The van der Waals surface area contributed by atoms with Gasteiger partial charge in [-0.1, -0.05) is 0 Å². The fourth-order valence-corrected chi connectivity index (χ4v) is 2.31. The maximum Gasteiger partial charge on any atom is 0.224 e. The lowest BCUT2D eigenvalue weighted by Crippen LogP contribution is -2.30. The van der Waals surface area contributed by atoms with E-state index in [2.05, 4.69) is 10.6 Å². The Labute approximate surface area is 124 Å². The molecule has 112 valence electrons. The number of hydrogen-bond acceptors (Lipinski definition) is 3. The van der Waals surface area contributed by atoms with Crippen LogP contribution in [0.5, 0.6) is 5.75 Å². The molecule has 20 heavy (non-hydrogen) atoms. The van der Waals surface area contributed by atoms with Gasteiger partial charge in [-0.3, -0.25) is 4.79 Å². The van der Waals surface area contributed by atoms with Crippen LogP contribution in [0.3, 0.4) is 0 Å². The van der Waals surface area contributed by atoms with E-state index in [4.69, 9.17) is 4.74 Å². The Morgan fingerprint density at radius 3 is 2.75 bits per heavy atom. The molecule has 0 unspecified atom stereocenters. The minimum absolute atomic E-state index is 0. The van der Waals surface area contributed by atoms with E-state index >= 15 is 0 Å². The second-order valence-electron chi connectivity index (χ2n) is 4.83. The van der Waals surface area contributed by atoms with E-state index in [9.17, 15) is 9.18 Å². The van der Waals surface area contributed by atoms with Crippen molar-refractivity contribution in [2.45, 2.75) is 19.3 Å². The minimum Gasteiger partial charge on any atom is -0.497 e. The molecule has 1 saturated heterocycles. The molecule has 0 aromatic heterocycles. The summed E-state index contributed by atoms with van der Waals surface area (Å²) in [6.45, 7) is 1.93. The molecular formula is C14H20ClFN2O2. The average Bonchev–Trinajstić information content (AvgIpc) is 2.38. The molecule has 0 atom stereocenters. The number of amides is 1. The molecule has 4 nitrogen and oxygen atoms in total. The summed E-state index contributed by atoms with van der Waals surface area (Å²) >= 11 is 0. The van der Waals surface area contributed by atoms with Crippen molar-refractivity contribution >= 4 is 24.0 Å². The molecule has 2 rings (SSSR count). The van der Waals surface area contributed by atoms with Crippen molar-refractivity contribution in [3.63, 3.8) is 0 Å². The van der Waals surface area contributed by atoms with Crippen molar-refractivity contribution in [1.29, 1.82) is 0 Å². The Morgan fingerprint density at radius 2 is 2.10 bits per heavy atom. The Morgan fingerprint density at radius 1 is 1.40 bits per heavy atom. The first-order valence-electron chi connectivity index (χ1n) is 6.52. The van der Waals surface area contributed by atoms with E-state index in [1.807, 2.05) is 0 Å². The predicted octanol–water partition coefficient (Wildman–Crippen LogP) is 2.58. The number of carbonyl (C=O) groups excluding carboxylic acids is 1. The number of piperidine rings is 1. The number of rotatable bonds is 4. The van der Waals surface area contributed by atoms with Gasteiger partial charge in [0.2, 0.25) is 5.91 Å². The van der Waals surface area contributed by atoms with Gasteiger partial charge in [0.15, 0.2) is 0 Å². The summed E-state index contributed by atoms with van der Waals surface area (Å²) in [6.07, 6.45) is 2.51. The van der Waals surface area contributed by atoms with Crippen LogP contribution in [0.4, 0.5) is 10.1 Å². The van der Waals surface area contributed by atoms with Gasteiger partial charge < -0.3 is 15.4 Å². The normalized spacial score (nSPS) is 15.3. The number of anilines is 1. The SMILES string of the molecule is COc1cc(F)cc(NC(=O)CC2CCNCC2)c1.Cl. The monoisotopic (exact) mass is 302 g/mol. The summed E-state index contributed by atoms with van der Waals surface area (Å²) in [5.74, 6) is 0.324. The average molecular weight is 303 g/mol. The van der Waals surface area contributed by atoms with Crippen molar-refractivity contribution in [1.82, 2.24) is 5.32 Å². The Kier molecular flexibility index (Phi) is 6.75. The molecule has 0 saturated carbocycles. The number of nitrogens with one attached hydrogen (secondary N) is 2. The highest BCUT2D eigenvalue weighted by molar-refractivity contribution is 5.91. The molecule has 0 spiro atoms. The third-order valence-corrected chi connectivity index (χ3v) is 3.32. The highest BCUT2D eigenvalue weighted by atomic mass is 35.5. The van der Waals surface area contributed by atoms with E-state index < -0.39 is 5.82 Å². The van der Waals surface area contributed by atoms with Crippen molar-refractivity contribution in [3.05, 3.63) is 24.0 Å². The second kappa shape index (κ2) is 8.07. The lowest BCUT2D eigenvalue weighted by molar-refractivity contribution is -0.117. The van der Waals surface area contributed by atoms with Crippen molar-refractivity contribution in [3.8, 4) is 5.75 Å². The fraction of sp³-hybridized carbons (Fsp3) is 0.500. The first kappa shape index (κ1) is 16.7. The van der Waals surface area contributed by atoms with Crippen LogP contribution >= 0.6 is 12.4 Å². The van der Waals surface area contributed by atoms with Gasteiger partial charge in [0.1, 0.15) is 11.6 Å². The van der Waals surface area contributed by atoms with Crippen molar-refractivity contribution < 1.29 is 13.9 Å². The van der Waals surface area contributed by atoms with Crippen LogP contribution < -0.4 is 15.4 Å². The van der Waals surface area contributed by atoms with Gasteiger partial charge in [0.05, 0.1) is 7.11 Å². The van der Waals surface area contributed by atoms with E-state index in [-0.39, 0.29) is 18.3 Å². The lowest BCUT2D eigenvalue weighted by atomic mass is 9.94. The highest BCUT2D eigenvalue weighted by Crippen LogP contribution is 2.21. The van der Waals surface area contributed by atoms with Crippen LogP contribution in [0.15, 0.2) is 18.2 Å². The number of halogens is 2. The lowest BCUT2D eigenvalue weighted by Gasteiger charge is -2.21. The van der Waals surface area contributed by atoms with Crippen molar-refractivity contribution in [2.75, 3.05) is 25.5 Å². The number of hydrogen-bond donors (Lipinski definition) is 2. The number of benzene rings is 1. The predicted molar refractivity (Wildman–Crippen MR) is 79.0 cm³/mol. The molecule has 0 bridgehead atoms. The molecule has 1 aromatic carbocycles. The van der Waals surface area contributed by atoms with E-state index in [1.165, 1.54) is 19.2 Å². The topological polar surface area (TPSA) is 50.4 Å². The fourth-order valence-electron chi connectivity index (χ4n) is 2.31. The standard InChI is InChI=1S/C14H19FN2O2.ClH/c1-19-13-8-11(15)7-12(9-13)17-14(18)6-10-2-4-16-5-3-10;/h7-10,16H,2-6H2,1H3,(H,17,18);1H. The first-order valence-corrected chi connectivity index (χ1v) is 6.52. The summed E-state index contributed by atoms with van der Waals surface area (Å²) in [5.41, 5.74) is 0.441. The summed E-state index contributed by atoms with van der Waals surface area (Å²) in [7, 11) is 1.47. The van der Waals surface area contributed by atoms with Gasteiger partial charge in [-0.15, -0.1) is 12.4 Å². The second-order valence-corrected chi connectivity index (χ2v) is 4.83. The third kappa shape index (κ3) is 4.98. The highest BCUT2D eigenvalue weighted by Gasteiger charge is 2.17. The van der Waals surface area contributed by atoms with Crippen LogP contribution in [0.1, 0.15) is 19.3 Å². The zero-order chi connectivity index (χ0) is 13.7. The summed E-state index contributed by atoms with van der Waals surface area (Å²) in [4.78, 5) is 11.9. The largest absolute Gasteiger partial charge is 0.497 e. The van der Waals surface area contributed by atoms with Crippen LogP contribution in [0.2, 0.25) is 0 Å². The zero-order valence-corrected chi connectivity index (χ0v) is 12.3. The Balaban J connectivity index is 0.00000200. The van der Waals surface area contributed by atoms with Crippen LogP contribution in [-0.4, -0.2) is 26.1 Å². The zero-order valence-electron chi connectivity index (χ0n) is 11.4. The van der Waals surface area contributed by atoms with E-state index in [0.29, 0.717) is 23.8 Å². The van der Waals surface area contributed by atoms with Gasteiger partial charge in [0.25, 0.3) is 0 Å². The van der Waals surface area contributed by atoms with Gasteiger partial charge in [-0.05, 0) is 37.9 Å². The minimum atomic E-state index is -0.420. The molecular weight excluding hydrogens is 283 g/mol. The quantitative estimate of drug-likeness (QED) is 0.899. The molecule has 2 N–H and O–H groups in total. The number of ether oxygens (including phenoxy) is 1. The molecule has 0 radical (unpaired) electrons. The van der Waals surface area contributed by atoms with E-state index in [1.54, 1.807) is 6.07 Å². The third-order valence-electron chi connectivity index (χ3n) is 3.32. The van der Waals surface area contributed by atoms with Gasteiger partial charge >= 0.3 is 0 Å². The van der Waals surface area contributed by atoms with Crippen LogP contribution in [0, 0.1) is 11.7 Å². The Hall–Kier alpha value is -1.33. The van der Waals surface area contributed by atoms with E-state index in [0.717, 1.165) is 25.9 Å². The maximum absolute atomic E-state index is 13.3. The number of methoxy groups -OCH3 is 1. The molecule has 6 heteroatoms. The molecule has 1 heterocycles. The molecule has 1 fully saturated rings.